The van der Waals surface area contributed by atoms with Crippen molar-refractivity contribution in [1.82, 2.24) is 20.3 Å². The Balaban J connectivity index is 1.63. The summed E-state index contributed by atoms with van der Waals surface area (Å²) in [6.07, 6.45) is 8.83. The predicted molar refractivity (Wildman–Crippen MR) is 128 cm³/mol. The van der Waals surface area contributed by atoms with E-state index in [1.165, 1.54) is 11.1 Å². The monoisotopic (exact) mass is 442 g/mol. The van der Waals surface area contributed by atoms with Crippen LogP contribution in [-0.2, 0) is 11.8 Å². The Morgan fingerprint density at radius 1 is 1.18 bits per heavy atom. The summed E-state index contributed by atoms with van der Waals surface area (Å²) < 4.78 is 5.02. The number of carbonyl (C=O) groups excluding carboxylic acids is 1. The number of fused-ring (bicyclic) bond motifs is 1. The zero-order valence-corrected chi connectivity index (χ0v) is 19.8. The van der Waals surface area contributed by atoms with E-state index in [1.807, 2.05) is 17.0 Å². The molecule has 0 saturated carbocycles. The second kappa shape index (κ2) is 7.87. The summed E-state index contributed by atoms with van der Waals surface area (Å²) in [5.74, 6) is 0.0838. The Bertz CT molecular complexity index is 1240. The lowest BCUT2D eigenvalue weighted by Crippen LogP contribution is -2.42. The number of H-pyrrole nitrogens is 1. The molecule has 3 unspecified atom stereocenters. The summed E-state index contributed by atoms with van der Waals surface area (Å²) >= 11 is 0. The second-order valence-electron chi connectivity index (χ2n) is 9.99. The van der Waals surface area contributed by atoms with Crippen LogP contribution in [0.15, 0.2) is 59.3 Å². The molecule has 1 aromatic carbocycles. The van der Waals surface area contributed by atoms with Gasteiger partial charge in [0.15, 0.2) is 5.69 Å². The van der Waals surface area contributed by atoms with Crippen LogP contribution in [0.2, 0.25) is 0 Å². The van der Waals surface area contributed by atoms with Gasteiger partial charge in [0, 0.05) is 22.7 Å². The van der Waals surface area contributed by atoms with Gasteiger partial charge >= 0.3 is 0 Å². The number of aromatic amines is 1. The smallest absolute Gasteiger partial charge is 0.276 e. The highest BCUT2D eigenvalue weighted by atomic mass is 16.5. The van der Waals surface area contributed by atoms with Gasteiger partial charge in [-0.15, -0.1) is 0 Å². The number of hydrogen-bond acceptors (Lipinski definition) is 4. The first-order valence-electron chi connectivity index (χ1n) is 11.6. The third kappa shape index (κ3) is 3.45. The highest BCUT2D eigenvalue weighted by molar-refractivity contribution is 5.99. The third-order valence-corrected chi connectivity index (χ3v) is 6.78. The van der Waals surface area contributed by atoms with Crippen LogP contribution in [0, 0.1) is 5.92 Å². The Hall–Kier alpha value is -3.41. The maximum atomic E-state index is 13.8. The summed E-state index contributed by atoms with van der Waals surface area (Å²) in [7, 11) is 0. The third-order valence-electron chi connectivity index (χ3n) is 6.78. The van der Waals surface area contributed by atoms with Gasteiger partial charge in [0.05, 0.1) is 12.1 Å². The summed E-state index contributed by atoms with van der Waals surface area (Å²) in [4.78, 5) is 15.9. The number of allylic oxidation sites excluding steroid dienone is 2. The van der Waals surface area contributed by atoms with Crippen molar-refractivity contribution in [2.24, 2.45) is 5.92 Å². The molecule has 0 fully saturated rings. The van der Waals surface area contributed by atoms with Crippen LogP contribution in [0.25, 0.3) is 5.57 Å². The fraction of sp³-hybridized carbons (Fsp3) is 0.370. The number of carbonyl (C=O) groups is 1. The fourth-order valence-corrected chi connectivity index (χ4v) is 5.16. The van der Waals surface area contributed by atoms with E-state index in [2.05, 4.69) is 86.4 Å². The molecule has 1 aliphatic carbocycles. The summed E-state index contributed by atoms with van der Waals surface area (Å²) in [6.45, 7) is 10.8. The molecule has 3 atom stereocenters. The molecule has 0 spiro atoms. The van der Waals surface area contributed by atoms with Gasteiger partial charge in [-0.05, 0) is 29.0 Å². The average Bonchev–Trinajstić information content (AvgIpc) is 3.51. The molecule has 3 aromatic rings. The van der Waals surface area contributed by atoms with E-state index >= 15 is 0 Å². The molecule has 0 saturated heterocycles. The van der Waals surface area contributed by atoms with E-state index in [9.17, 15) is 4.79 Å². The van der Waals surface area contributed by atoms with Crippen LogP contribution in [0.5, 0.6) is 0 Å². The highest BCUT2D eigenvalue weighted by Gasteiger charge is 2.47. The number of benzene rings is 1. The molecule has 6 heteroatoms. The van der Waals surface area contributed by atoms with Crippen LogP contribution in [-0.4, -0.2) is 32.2 Å². The first-order valence-corrected chi connectivity index (χ1v) is 11.6. The highest BCUT2D eigenvalue weighted by Crippen LogP contribution is 2.46. The Kier molecular flexibility index (Phi) is 5.11. The summed E-state index contributed by atoms with van der Waals surface area (Å²) in [5, 5.41) is 11.8. The van der Waals surface area contributed by atoms with Gasteiger partial charge in [-0.1, -0.05) is 82.3 Å². The Morgan fingerprint density at radius 3 is 2.64 bits per heavy atom. The van der Waals surface area contributed by atoms with Gasteiger partial charge in [0.2, 0.25) is 0 Å². The van der Waals surface area contributed by atoms with Gasteiger partial charge < -0.3 is 9.42 Å². The van der Waals surface area contributed by atoms with E-state index in [-0.39, 0.29) is 29.3 Å². The van der Waals surface area contributed by atoms with Crippen LogP contribution in [0.1, 0.15) is 79.2 Å². The number of nitrogens with zero attached hydrogens (tertiary/aromatic N) is 3. The Morgan fingerprint density at radius 2 is 1.97 bits per heavy atom. The number of aromatic nitrogens is 3. The van der Waals surface area contributed by atoms with Crippen LogP contribution in [0.3, 0.4) is 0 Å². The number of amides is 1. The standard InChI is InChI=1S/C27H30N4O2/c1-6-17-9-7-8-10-19(17)24-22-23(28-29-25(22)27(3,4)5)26(32)31(24)21-12-11-18(15-16(21)2)20-13-14-33-30-20/h7-16,21,24H,6H2,1-5H3,(H,28,29). The maximum Gasteiger partial charge on any atom is 0.276 e. The molecule has 2 aliphatic rings. The van der Waals surface area contributed by atoms with E-state index < -0.39 is 0 Å². The van der Waals surface area contributed by atoms with Crippen molar-refractivity contribution in [3.63, 3.8) is 0 Å². The zero-order chi connectivity index (χ0) is 23.3. The molecular formula is C27H30N4O2. The van der Waals surface area contributed by atoms with E-state index in [0.717, 1.165) is 28.9 Å². The lowest BCUT2D eigenvalue weighted by atomic mass is 9.83. The normalized spacial score (nSPS) is 22.6. The molecular weight excluding hydrogens is 412 g/mol. The second-order valence-corrected chi connectivity index (χ2v) is 9.99. The number of rotatable bonds is 4. The first-order chi connectivity index (χ1) is 15.8. The van der Waals surface area contributed by atoms with Crippen molar-refractivity contribution in [3.05, 3.63) is 88.6 Å². The number of hydrogen-bond donors (Lipinski definition) is 1. The molecule has 2 aromatic heterocycles. The minimum Gasteiger partial charge on any atom is -0.364 e. The Labute approximate surface area is 194 Å². The van der Waals surface area contributed by atoms with Gasteiger partial charge in [-0.3, -0.25) is 9.89 Å². The van der Waals surface area contributed by atoms with Crippen molar-refractivity contribution in [1.29, 1.82) is 0 Å². The minimum atomic E-state index is -0.185. The molecule has 33 heavy (non-hydrogen) atoms. The largest absolute Gasteiger partial charge is 0.364 e. The first kappa shape index (κ1) is 21.4. The molecule has 6 nitrogen and oxygen atoms in total. The molecule has 5 rings (SSSR count). The quantitative estimate of drug-likeness (QED) is 0.582. The predicted octanol–water partition coefficient (Wildman–Crippen LogP) is 5.46. The molecule has 1 aliphatic heterocycles. The zero-order valence-electron chi connectivity index (χ0n) is 19.8. The van der Waals surface area contributed by atoms with Gasteiger partial charge in [0.1, 0.15) is 12.0 Å². The average molecular weight is 443 g/mol. The van der Waals surface area contributed by atoms with Gasteiger partial charge in [0.25, 0.3) is 5.91 Å². The molecule has 0 radical (unpaired) electrons. The van der Waals surface area contributed by atoms with Crippen molar-refractivity contribution in [2.45, 2.75) is 58.5 Å². The van der Waals surface area contributed by atoms with E-state index in [4.69, 9.17) is 4.52 Å². The summed E-state index contributed by atoms with van der Waals surface area (Å²) in [5.41, 5.74) is 6.66. The van der Waals surface area contributed by atoms with Crippen molar-refractivity contribution in [2.75, 3.05) is 0 Å². The topological polar surface area (TPSA) is 75.0 Å². The fourth-order valence-electron chi connectivity index (χ4n) is 5.16. The molecule has 0 bridgehead atoms. The molecule has 3 heterocycles. The maximum absolute atomic E-state index is 13.8. The van der Waals surface area contributed by atoms with Gasteiger partial charge in [-0.2, -0.15) is 5.10 Å². The van der Waals surface area contributed by atoms with E-state index in [0.29, 0.717) is 5.69 Å². The van der Waals surface area contributed by atoms with Crippen molar-refractivity contribution >= 4 is 11.5 Å². The molecule has 170 valence electrons. The lowest BCUT2D eigenvalue weighted by Gasteiger charge is -2.37. The number of nitrogens with one attached hydrogen (secondary N) is 1. The van der Waals surface area contributed by atoms with Crippen LogP contribution < -0.4 is 0 Å². The van der Waals surface area contributed by atoms with Gasteiger partial charge in [-0.25, -0.2) is 0 Å². The molecule has 1 amide bonds. The van der Waals surface area contributed by atoms with Crippen LogP contribution >= 0.6 is 0 Å². The van der Waals surface area contributed by atoms with Crippen molar-refractivity contribution < 1.29 is 9.32 Å². The van der Waals surface area contributed by atoms with E-state index in [1.54, 1.807) is 6.26 Å². The summed E-state index contributed by atoms with van der Waals surface area (Å²) in [6, 6.07) is 10.0. The van der Waals surface area contributed by atoms with Crippen LogP contribution in [0.4, 0.5) is 0 Å². The SMILES string of the molecule is CCc1ccccc1C1c2c(n[nH]c2C(C)(C)C)C(=O)N1C1C=CC(c2ccon2)=CC1C. The lowest BCUT2D eigenvalue weighted by molar-refractivity contribution is 0.0662. The number of aryl methyl sites for hydroxylation is 1. The molecule has 1 N–H and O–H groups in total. The van der Waals surface area contributed by atoms with Crippen molar-refractivity contribution in [3.8, 4) is 0 Å². The minimum absolute atomic E-state index is 0.0209.